The van der Waals surface area contributed by atoms with Gasteiger partial charge >= 0.3 is 0 Å². The van der Waals surface area contributed by atoms with Crippen molar-refractivity contribution in [3.63, 3.8) is 0 Å². The minimum absolute atomic E-state index is 0.0220. The summed E-state index contributed by atoms with van der Waals surface area (Å²) in [4.78, 5) is 8.65. The first-order valence-corrected chi connectivity index (χ1v) is 6.60. The Morgan fingerprint density at radius 2 is 2.32 bits per heavy atom. The Hall–Kier alpha value is -0.890. The number of aliphatic hydroxyl groups excluding tert-OH is 1. The number of nitrogens with zero attached hydrogens (tertiary/aromatic N) is 3. The van der Waals surface area contributed by atoms with E-state index in [2.05, 4.69) is 15.3 Å². The molecule has 0 radical (unpaired) electrons. The van der Waals surface area contributed by atoms with Crippen LogP contribution in [0.25, 0.3) is 0 Å². The maximum absolute atomic E-state index is 9.86. The summed E-state index contributed by atoms with van der Waals surface area (Å²) in [6.45, 7) is 3.92. The van der Waals surface area contributed by atoms with E-state index in [1.165, 1.54) is 0 Å². The van der Waals surface area contributed by atoms with Crippen LogP contribution >= 0.6 is 0 Å². The van der Waals surface area contributed by atoms with Crippen LogP contribution in [0.1, 0.15) is 13.3 Å². The fourth-order valence-electron chi connectivity index (χ4n) is 2.43. The van der Waals surface area contributed by atoms with E-state index in [1.54, 1.807) is 7.11 Å². The second-order valence-corrected chi connectivity index (χ2v) is 5.36. The van der Waals surface area contributed by atoms with Gasteiger partial charge in [-0.3, -0.25) is 5.43 Å². The standard InChI is InChI=1S/C12H27N5O2/c1-9(8-19-4)14-12(15-13)17-7-11(18)5-10(17)6-16(2)3/h9-11,18H,5-8,13H2,1-4H3,(H,14,15). The lowest BCUT2D eigenvalue weighted by Gasteiger charge is -2.29. The number of methoxy groups -OCH3 is 1. The highest BCUT2D eigenvalue weighted by Crippen LogP contribution is 2.18. The van der Waals surface area contributed by atoms with Gasteiger partial charge < -0.3 is 19.6 Å². The molecular formula is C12H27N5O2. The van der Waals surface area contributed by atoms with Crippen molar-refractivity contribution in [1.82, 2.24) is 15.2 Å². The van der Waals surface area contributed by atoms with Crippen LogP contribution < -0.4 is 11.3 Å². The number of rotatable bonds is 5. The molecule has 0 spiro atoms. The van der Waals surface area contributed by atoms with Gasteiger partial charge in [0.2, 0.25) is 5.96 Å². The Morgan fingerprint density at radius 3 is 2.84 bits per heavy atom. The number of hydrogen-bond donors (Lipinski definition) is 3. The molecule has 112 valence electrons. The number of nitrogens with two attached hydrogens (primary N) is 1. The van der Waals surface area contributed by atoms with Crippen molar-refractivity contribution < 1.29 is 9.84 Å². The Kier molecular flexibility index (Phi) is 6.50. The summed E-state index contributed by atoms with van der Waals surface area (Å²) in [5.74, 6) is 6.20. The first kappa shape index (κ1) is 16.2. The minimum atomic E-state index is -0.332. The summed E-state index contributed by atoms with van der Waals surface area (Å²) >= 11 is 0. The Bertz CT molecular complexity index is 298. The summed E-state index contributed by atoms with van der Waals surface area (Å²) in [5.41, 5.74) is 2.65. The Balaban J connectivity index is 2.76. The number of likely N-dealkylation sites (tertiary alicyclic amines) is 1. The molecule has 3 unspecified atom stereocenters. The molecule has 4 N–H and O–H groups in total. The number of nitrogens with one attached hydrogen (secondary N) is 1. The molecule has 0 aromatic carbocycles. The van der Waals surface area contributed by atoms with E-state index >= 15 is 0 Å². The van der Waals surface area contributed by atoms with Crippen LogP contribution in [0.3, 0.4) is 0 Å². The lowest BCUT2D eigenvalue weighted by atomic mass is 10.2. The average molecular weight is 273 g/mol. The molecule has 0 saturated carbocycles. The van der Waals surface area contributed by atoms with Gasteiger partial charge in [0.1, 0.15) is 0 Å². The molecule has 1 rings (SSSR count). The van der Waals surface area contributed by atoms with Gasteiger partial charge in [0, 0.05) is 26.2 Å². The second-order valence-electron chi connectivity index (χ2n) is 5.36. The molecule has 19 heavy (non-hydrogen) atoms. The molecule has 1 fully saturated rings. The Labute approximate surface area is 115 Å². The molecule has 0 aromatic rings. The predicted molar refractivity (Wildman–Crippen MR) is 75.8 cm³/mol. The number of β-amino-alcohol motifs (C(OH)–C–C–N with tert-alkyl or cyclic N) is 1. The molecule has 7 heteroatoms. The molecule has 3 atom stereocenters. The zero-order valence-corrected chi connectivity index (χ0v) is 12.3. The van der Waals surface area contributed by atoms with Crippen molar-refractivity contribution in [3.8, 4) is 0 Å². The van der Waals surface area contributed by atoms with Crippen LogP contribution in [0.4, 0.5) is 0 Å². The number of guanidine groups is 1. The SMILES string of the molecule is COCC(C)N=C(NN)N1CC(O)CC1CN(C)C. The smallest absolute Gasteiger partial charge is 0.209 e. The molecule has 7 nitrogen and oxygen atoms in total. The van der Waals surface area contributed by atoms with E-state index in [0.717, 1.165) is 13.0 Å². The van der Waals surface area contributed by atoms with Crippen molar-refractivity contribution in [1.29, 1.82) is 0 Å². The summed E-state index contributed by atoms with van der Waals surface area (Å²) < 4.78 is 5.07. The molecular weight excluding hydrogens is 246 g/mol. The van der Waals surface area contributed by atoms with Crippen molar-refractivity contribution in [2.75, 3.05) is 40.9 Å². The van der Waals surface area contributed by atoms with Crippen molar-refractivity contribution in [3.05, 3.63) is 0 Å². The molecule has 0 amide bonds. The first-order valence-electron chi connectivity index (χ1n) is 6.60. The van der Waals surface area contributed by atoms with Gasteiger partial charge in [-0.15, -0.1) is 0 Å². The third-order valence-electron chi connectivity index (χ3n) is 3.12. The summed E-state index contributed by atoms with van der Waals surface area (Å²) in [7, 11) is 5.68. The number of aliphatic hydroxyl groups is 1. The predicted octanol–water partition coefficient (Wildman–Crippen LogP) is -1.16. The van der Waals surface area contributed by atoms with E-state index in [-0.39, 0.29) is 18.2 Å². The third-order valence-corrected chi connectivity index (χ3v) is 3.12. The zero-order valence-electron chi connectivity index (χ0n) is 12.3. The second kappa shape index (κ2) is 7.64. The highest BCUT2D eigenvalue weighted by molar-refractivity contribution is 5.80. The molecule has 1 aliphatic heterocycles. The maximum atomic E-state index is 9.86. The van der Waals surface area contributed by atoms with Gasteiger partial charge in [-0.25, -0.2) is 10.8 Å². The highest BCUT2D eigenvalue weighted by atomic mass is 16.5. The van der Waals surface area contributed by atoms with Crippen LogP contribution in [0, 0.1) is 0 Å². The molecule has 0 aromatic heterocycles. The van der Waals surface area contributed by atoms with Crippen LogP contribution in [0.15, 0.2) is 4.99 Å². The third kappa shape index (κ3) is 4.94. The normalized spacial score (nSPS) is 26.1. The summed E-state index contributed by atoms with van der Waals surface area (Å²) in [6, 6.07) is 0.239. The van der Waals surface area contributed by atoms with Crippen molar-refractivity contribution in [2.24, 2.45) is 10.8 Å². The number of ether oxygens (including phenoxy) is 1. The Morgan fingerprint density at radius 1 is 1.63 bits per heavy atom. The van der Waals surface area contributed by atoms with Crippen LogP contribution in [0.5, 0.6) is 0 Å². The maximum Gasteiger partial charge on any atom is 0.209 e. The summed E-state index contributed by atoms with van der Waals surface area (Å²) in [6.07, 6.45) is 0.401. The topological polar surface area (TPSA) is 86.3 Å². The van der Waals surface area contributed by atoms with E-state index in [4.69, 9.17) is 10.6 Å². The van der Waals surface area contributed by atoms with Crippen molar-refractivity contribution >= 4 is 5.96 Å². The van der Waals surface area contributed by atoms with Crippen LogP contribution in [-0.2, 0) is 4.74 Å². The van der Waals surface area contributed by atoms with Gasteiger partial charge in [-0.05, 0) is 27.4 Å². The number of hydrogen-bond acceptors (Lipinski definition) is 5. The highest BCUT2D eigenvalue weighted by Gasteiger charge is 2.33. The van der Waals surface area contributed by atoms with Gasteiger partial charge in [0.25, 0.3) is 0 Å². The van der Waals surface area contributed by atoms with Gasteiger partial charge in [-0.1, -0.05) is 0 Å². The van der Waals surface area contributed by atoms with Crippen molar-refractivity contribution in [2.45, 2.75) is 31.5 Å². The van der Waals surface area contributed by atoms with E-state index in [0.29, 0.717) is 19.1 Å². The average Bonchev–Trinajstić information content (AvgIpc) is 2.66. The summed E-state index contributed by atoms with van der Waals surface area (Å²) in [5, 5.41) is 9.86. The fourth-order valence-corrected chi connectivity index (χ4v) is 2.43. The van der Waals surface area contributed by atoms with Gasteiger partial charge in [-0.2, -0.15) is 0 Å². The lowest BCUT2D eigenvalue weighted by Crippen LogP contribution is -2.50. The van der Waals surface area contributed by atoms with E-state index < -0.39 is 0 Å². The monoisotopic (exact) mass is 273 g/mol. The minimum Gasteiger partial charge on any atom is -0.391 e. The first-order chi connectivity index (χ1) is 8.97. The van der Waals surface area contributed by atoms with Gasteiger partial charge in [0.15, 0.2) is 0 Å². The lowest BCUT2D eigenvalue weighted by molar-refractivity contribution is 0.183. The molecule has 1 aliphatic rings. The largest absolute Gasteiger partial charge is 0.391 e. The number of aliphatic imine (C=N–C) groups is 1. The van der Waals surface area contributed by atoms with Gasteiger partial charge in [0.05, 0.1) is 18.8 Å². The van der Waals surface area contributed by atoms with Crippen LogP contribution in [0.2, 0.25) is 0 Å². The molecule has 0 aliphatic carbocycles. The number of likely N-dealkylation sites (N-methyl/N-ethyl adjacent to an activating group) is 1. The van der Waals surface area contributed by atoms with Crippen LogP contribution in [-0.4, -0.2) is 80.0 Å². The zero-order chi connectivity index (χ0) is 14.4. The fraction of sp³-hybridized carbons (Fsp3) is 0.917. The number of hydrazine groups is 1. The molecule has 1 saturated heterocycles. The molecule has 1 heterocycles. The van der Waals surface area contributed by atoms with E-state index in [9.17, 15) is 5.11 Å². The van der Waals surface area contributed by atoms with E-state index in [1.807, 2.05) is 25.9 Å². The quantitative estimate of drug-likeness (QED) is 0.253. The molecule has 0 bridgehead atoms.